The van der Waals surface area contributed by atoms with Gasteiger partial charge in [0, 0.05) is 17.8 Å². The van der Waals surface area contributed by atoms with Crippen molar-refractivity contribution in [1.82, 2.24) is 20.6 Å². The van der Waals surface area contributed by atoms with E-state index in [4.69, 9.17) is 0 Å². The van der Waals surface area contributed by atoms with Gasteiger partial charge in [-0.2, -0.15) is 5.21 Å². The van der Waals surface area contributed by atoms with E-state index in [-0.39, 0.29) is 0 Å². The summed E-state index contributed by atoms with van der Waals surface area (Å²) < 4.78 is 0. The topological polar surface area (TPSA) is 66.5 Å². The van der Waals surface area contributed by atoms with Gasteiger partial charge in [0.05, 0.1) is 0 Å². The molecule has 0 aliphatic rings. The summed E-state index contributed by atoms with van der Waals surface area (Å²) in [5, 5.41) is 17.5. The molecule has 1 heterocycles. The van der Waals surface area contributed by atoms with Crippen molar-refractivity contribution < 1.29 is 0 Å². The molecule has 5 nitrogen and oxygen atoms in total. The molecule has 0 aliphatic heterocycles. The van der Waals surface area contributed by atoms with Crippen LogP contribution in [0.25, 0.3) is 11.4 Å². The second kappa shape index (κ2) is 13.3. The number of hydrogen-bond donors (Lipinski definition) is 2. The molecule has 0 saturated heterocycles. The highest BCUT2D eigenvalue weighted by molar-refractivity contribution is 5.58. The normalized spacial score (nSPS) is 11.0. The summed E-state index contributed by atoms with van der Waals surface area (Å²) in [6.07, 6.45) is 16.7. The van der Waals surface area contributed by atoms with E-state index in [0.29, 0.717) is 5.82 Å². The van der Waals surface area contributed by atoms with Crippen LogP contribution in [0.15, 0.2) is 24.3 Å². The van der Waals surface area contributed by atoms with Crippen LogP contribution in [0.3, 0.4) is 0 Å². The third-order valence-electron chi connectivity index (χ3n) is 4.85. The Balaban J connectivity index is 1.41. The molecule has 1 aromatic carbocycles. The molecule has 0 unspecified atom stereocenters. The molecule has 2 N–H and O–H groups in total. The van der Waals surface area contributed by atoms with Crippen LogP contribution in [0, 0.1) is 0 Å². The quantitative estimate of drug-likeness (QED) is 0.385. The largest absolute Gasteiger partial charge is 0.385 e. The number of anilines is 1. The Hall–Kier alpha value is -1.91. The maximum Gasteiger partial charge on any atom is 0.204 e. The number of aromatic amines is 1. The molecular weight excluding hydrogens is 322 g/mol. The van der Waals surface area contributed by atoms with Gasteiger partial charge in [0.15, 0.2) is 0 Å². The molecule has 2 aromatic rings. The number of aromatic nitrogens is 4. The van der Waals surface area contributed by atoms with Crippen molar-refractivity contribution >= 4 is 5.69 Å². The lowest BCUT2D eigenvalue weighted by molar-refractivity contribution is 0.546. The first-order valence-corrected chi connectivity index (χ1v) is 10.5. The minimum absolute atomic E-state index is 0.637. The molecule has 144 valence electrons. The maximum atomic E-state index is 3.99. The predicted molar refractivity (Wildman–Crippen MR) is 109 cm³/mol. The van der Waals surface area contributed by atoms with Crippen LogP contribution in [0.5, 0.6) is 0 Å². The van der Waals surface area contributed by atoms with Gasteiger partial charge in [0.1, 0.15) is 0 Å². The average molecular weight is 358 g/mol. The fourth-order valence-electron chi connectivity index (χ4n) is 3.22. The second-order valence-corrected chi connectivity index (χ2v) is 7.13. The predicted octanol–water partition coefficient (Wildman–Crippen LogP) is 5.98. The molecule has 0 amide bonds. The lowest BCUT2D eigenvalue weighted by atomic mass is 10.1. The van der Waals surface area contributed by atoms with E-state index in [9.17, 15) is 0 Å². The molecule has 0 fully saturated rings. The van der Waals surface area contributed by atoms with E-state index in [0.717, 1.165) is 17.8 Å². The van der Waals surface area contributed by atoms with Gasteiger partial charge in [-0.1, -0.05) is 77.6 Å². The highest BCUT2D eigenvalue weighted by Crippen LogP contribution is 2.17. The van der Waals surface area contributed by atoms with Gasteiger partial charge >= 0.3 is 0 Å². The Morgan fingerprint density at radius 1 is 0.769 bits per heavy atom. The molecule has 1 aromatic heterocycles. The highest BCUT2D eigenvalue weighted by Gasteiger charge is 2.02. The van der Waals surface area contributed by atoms with Crippen LogP contribution < -0.4 is 5.32 Å². The molecule has 26 heavy (non-hydrogen) atoms. The molecule has 0 atom stereocenters. The monoisotopic (exact) mass is 357 g/mol. The number of nitrogens with one attached hydrogen (secondary N) is 2. The molecule has 0 saturated carbocycles. The van der Waals surface area contributed by atoms with Crippen molar-refractivity contribution in [3.05, 3.63) is 24.3 Å². The summed E-state index contributed by atoms with van der Waals surface area (Å²) in [6, 6.07) is 8.20. The van der Waals surface area contributed by atoms with Gasteiger partial charge in [-0.3, -0.25) is 0 Å². The van der Waals surface area contributed by atoms with Crippen molar-refractivity contribution in [1.29, 1.82) is 0 Å². The summed E-state index contributed by atoms with van der Waals surface area (Å²) in [5.74, 6) is 0.637. The number of H-pyrrole nitrogens is 1. The molecule has 2 rings (SSSR count). The highest BCUT2D eigenvalue weighted by atomic mass is 15.5. The van der Waals surface area contributed by atoms with E-state index >= 15 is 0 Å². The Morgan fingerprint density at radius 2 is 1.35 bits per heavy atom. The zero-order chi connectivity index (χ0) is 18.3. The number of benzene rings is 1. The summed E-state index contributed by atoms with van der Waals surface area (Å²) in [4.78, 5) is 0. The summed E-state index contributed by atoms with van der Waals surface area (Å²) in [6.45, 7) is 3.32. The number of hydrogen-bond acceptors (Lipinski definition) is 4. The Kier molecular flexibility index (Phi) is 10.4. The van der Waals surface area contributed by atoms with Crippen molar-refractivity contribution in [3.8, 4) is 11.4 Å². The number of rotatable bonds is 15. The molecule has 5 heteroatoms. The lowest BCUT2D eigenvalue weighted by Crippen LogP contribution is -2.01. The maximum absolute atomic E-state index is 3.99. The average Bonchev–Trinajstić information content (AvgIpc) is 3.21. The van der Waals surface area contributed by atoms with Gasteiger partial charge in [-0.15, -0.1) is 10.2 Å². The van der Waals surface area contributed by atoms with E-state index in [1.165, 1.54) is 77.0 Å². The number of nitrogens with zero attached hydrogens (tertiary/aromatic N) is 3. The van der Waals surface area contributed by atoms with Gasteiger partial charge in [-0.05, 0) is 35.9 Å². The summed E-state index contributed by atoms with van der Waals surface area (Å²) >= 11 is 0. The molecule has 0 aliphatic carbocycles. The molecule has 0 spiro atoms. The zero-order valence-electron chi connectivity index (χ0n) is 16.3. The third-order valence-corrected chi connectivity index (χ3v) is 4.85. The van der Waals surface area contributed by atoms with Crippen LogP contribution in [-0.4, -0.2) is 27.2 Å². The number of tetrazole rings is 1. The Bertz CT molecular complexity index is 550. The molecule has 0 radical (unpaired) electrons. The SMILES string of the molecule is CCCCCCCCCCCCCCNc1ccc(-c2nn[nH]n2)cc1. The fourth-order valence-corrected chi connectivity index (χ4v) is 3.22. The van der Waals surface area contributed by atoms with Crippen molar-refractivity contribution in [3.63, 3.8) is 0 Å². The van der Waals surface area contributed by atoms with E-state index in [2.05, 4.69) is 45.0 Å². The summed E-state index contributed by atoms with van der Waals surface area (Å²) in [7, 11) is 0. The van der Waals surface area contributed by atoms with Crippen molar-refractivity contribution in [2.45, 2.75) is 84.0 Å². The Labute approximate surface area is 158 Å². The molecular formula is C21H35N5. The first-order valence-electron chi connectivity index (χ1n) is 10.5. The summed E-state index contributed by atoms with van der Waals surface area (Å²) in [5.41, 5.74) is 2.13. The number of unbranched alkanes of at least 4 members (excludes halogenated alkanes) is 11. The van der Waals surface area contributed by atoms with Crippen LogP contribution in [-0.2, 0) is 0 Å². The van der Waals surface area contributed by atoms with Gasteiger partial charge < -0.3 is 5.32 Å². The van der Waals surface area contributed by atoms with E-state index in [1.54, 1.807) is 0 Å². The van der Waals surface area contributed by atoms with E-state index in [1.807, 2.05) is 12.1 Å². The van der Waals surface area contributed by atoms with Crippen LogP contribution >= 0.6 is 0 Å². The zero-order valence-corrected chi connectivity index (χ0v) is 16.3. The fraction of sp³-hybridized carbons (Fsp3) is 0.667. The standard InChI is InChI=1S/C21H35N5/c1-2-3-4-5-6-7-8-9-10-11-12-13-18-22-20-16-14-19(15-17-20)21-23-25-26-24-21/h14-17,22H,2-13,18H2,1H3,(H,23,24,25,26). The second-order valence-electron chi connectivity index (χ2n) is 7.13. The van der Waals surface area contributed by atoms with Gasteiger partial charge in [0.25, 0.3) is 0 Å². The first kappa shape index (κ1) is 20.4. The van der Waals surface area contributed by atoms with Crippen molar-refractivity contribution in [2.75, 3.05) is 11.9 Å². The lowest BCUT2D eigenvalue weighted by Gasteiger charge is -2.07. The smallest absolute Gasteiger partial charge is 0.204 e. The van der Waals surface area contributed by atoms with Crippen molar-refractivity contribution in [2.24, 2.45) is 0 Å². The van der Waals surface area contributed by atoms with Gasteiger partial charge in [0.2, 0.25) is 5.82 Å². The van der Waals surface area contributed by atoms with Crippen LogP contribution in [0.4, 0.5) is 5.69 Å². The third kappa shape index (κ3) is 8.45. The first-order chi connectivity index (χ1) is 12.9. The van der Waals surface area contributed by atoms with Crippen LogP contribution in [0.1, 0.15) is 84.0 Å². The Morgan fingerprint density at radius 3 is 1.88 bits per heavy atom. The minimum Gasteiger partial charge on any atom is -0.385 e. The minimum atomic E-state index is 0.637. The van der Waals surface area contributed by atoms with Gasteiger partial charge in [-0.25, -0.2) is 0 Å². The molecule has 0 bridgehead atoms. The van der Waals surface area contributed by atoms with Crippen LogP contribution in [0.2, 0.25) is 0 Å². The van der Waals surface area contributed by atoms with E-state index < -0.39 is 0 Å².